The van der Waals surface area contributed by atoms with E-state index in [0.29, 0.717) is 23.8 Å². The van der Waals surface area contributed by atoms with Gasteiger partial charge in [-0.05, 0) is 70.4 Å². The predicted octanol–water partition coefficient (Wildman–Crippen LogP) is 4.00. The number of pyridine rings is 1. The third-order valence-corrected chi connectivity index (χ3v) is 5.31. The van der Waals surface area contributed by atoms with Crippen LogP contribution in [-0.4, -0.2) is 39.9 Å². The molecule has 136 valence electrons. The van der Waals surface area contributed by atoms with Crippen LogP contribution in [0.5, 0.6) is 0 Å². The third-order valence-electron chi connectivity index (χ3n) is 5.31. The highest BCUT2D eigenvalue weighted by molar-refractivity contribution is 5.96. The van der Waals surface area contributed by atoms with Gasteiger partial charge in [-0.25, -0.2) is 4.79 Å². The summed E-state index contributed by atoms with van der Waals surface area (Å²) in [6.07, 6.45) is 6.69. The summed E-state index contributed by atoms with van der Waals surface area (Å²) in [5, 5.41) is 0. The van der Waals surface area contributed by atoms with Crippen LogP contribution in [0.1, 0.15) is 62.4 Å². The first kappa shape index (κ1) is 17.9. The lowest BCUT2D eigenvalue weighted by atomic mass is 9.87. The molecule has 2 fully saturated rings. The van der Waals surface area contributed by atoms with Gasteiger partial charge in [0.1, 0.15) is 5.60 Å². The summed E-state index contributed by atoms with van der Waals surface area (Å²) in [7, 11) is 0. The van der Waals surface area contributed by atoms with Crippen molar-refractivity contribution in [1.82, 2.24) is 9.88 Å². The van der Waals surface area contributed by atoms with Crippen LogP contribution >= 0.6 is 0 Å². The smallest absolute Gasteiger partial charge is 0.410 e. The second kappa shape index (κ2) is 6.77. The fourth-order valence-electron chi connectivity index (χ4n) is 4.26. The number of carbonyl (C=O) groups is 2. The van der Waals surface area contributed by atoms with Gasteiger partial charge in [-0.2, -0.15) is 0 Å². The first-order chi connectivity index (χ1) is 11.7. The van der Waals surface area contributed by atoms with E-state index in [9.17, 15) is 9.59 Å². The van der Waals surface area contributed by atoms with Crippen molar-refractivity contribution in [2.75, 3.05) is 6.54 Å². The van der Waals surface area contributed by atoms with Gasteiger partial charge >= 0.3 is 6.09 Å². The number of hydrogen-bond acceptors (Lipinski definition) is 4. The highest BCUT2D eigenvalue weighted by Crippen LogP contribution is 2.44. The predicted molar refractivity (Wildman–Crippen MR) is 95.5 cm³/mol. The fraction of sp³-hybridized carbons (Fsp3) is 0.650. The van der Waals surface area contributed by atoms with Crippen LogP contribution in [0.3, 0.4) is 0 Å². The van der Waals surface area contributed by atoms with Crippen molar-refractivity contribution in [3.63, 3.8) is 0 Å². The first-order valence-electron chi connectivity index (χ1n) is 9.19. The van der Waals surface area contributed by atoms with Gasteiger partial charge in [-0.15, -0.1) is 0 Å². The molecule has 0 aromatic carbocycles. The van der Waals surface area contributed by atoms with Crippen molar-refractivity contribution in [1.29, 1.82) is 0 Å². The van der Waals surface area contributed by atoms with Gasteiger partial charge in [0.25, 0.3) is 0 Å². The normalized spacial score (nSPS) is 25.8. The maximum atomic E-state index is 12.6. The monoisotopic (exact) mass is 344 g/mol. The van der Waals surface area contributed by atoms with Crippen molar-refractivity contribution in [2.24, 2.45) is 11.8 Å². The van der Waals surface area contributed by atoms with Crippen LogP contribution in [0.25, 0.3) is 0 Å². The number of amides is 1. The summed E-state index contributed by atoms with van der Waals surface area (Å²) in [5.41, 5.74) is 1.24. The number of likely N-dealkylation sites (tertiary alicyclic amines) is 1. The Morgan fingerprint density at radius 3 is 2.68 bits per heavy atom. The molecule has 1 aromatic heterocycles. The maximum absolute atomic E-state index is 12.6. The molecule has 1 unspecified atom stereocenters. The SMILES string of the molecule is Cc1cncc(C(=O)CC2CC[C@@H]3[C@H]2CCN3C(=O)OC(C)(C)C)c1. The Bertz CT molecular complexity index is 665. The minimum absolute atomic E-state index is 0.164. The summed E-state index contributed by atoms with van der Waals surface area (Å²) in [4.78, 5) is 31.0. The molecule has 1 saturated heterocycles. The summed E-state index contributed by atoms with van der Waals surface area (Å²) >= 11 is 0. The van der Waals surface area contributed by atoms with E-state index in [2.05, 4.69) is 4.98 Å². The lowest BCUT2D eigenvalue weighted by Gasteiger charge is -2.28. The number of hydrogen-bond donors (Lipinski definition) is 0. The van der Waals surface area contributed by atoms with Crippen LogP contribution in [0.2, 0.25) is 0 Å². The van der Waals surface area contributed by atoms with Crippen molar-refractivity contribution >= 4 is 11.9 Å². The van der Waals surface area contributed by atoms with Gasteiger partial charge in [0.2, 0.25) is 0 Å². The van der Waals surface area contributed by atoms with Crippen LogP contribution in [-0.2, 0) is 4.74 Å². The minimum atomic E-state index is -0.471. The third kappa shape index (κ3) is 4.02. The van der Waals surface area contributed by atoms with E-state index in [1.807, 2.05) is 38.7 Å². The Morgan fingerprint density at radius 2 is 2.00 bits per heavy atom. The van der Waals surface area contributed by atoms with Crippen LogP contribution in [0, 0.1) is 18.8 Å². The molecule has 1 aliphatic heterocycles. The van der Waals surface area contributed by atoms with E-state index in [0.717, 1.165) is 31.4 Å². The van der Waals surface area contributed by atoms with Crippen molar-refractivity contribution in [3.05, 3.63) is 29.6 Å². The maximum Gasteiger partial charge on any atom is 0.410 e. The average molecular weight is 344 g/mol. The Hall–Kier alpha value is -1.91. The van der Waals surface area contributed by atoms with E-state index < -0.39 is 5.60 Å². The standard InChI is InChI=1S/C20H28N2O3/c1-13-9-15(12-21-11-13)18(23)10-14-5-6-17-16(14)7-8-22(17)19(24)25-20(2,3)4/h9,11-12,14,16-17H,5-8,10H2,1-4H3/t14?,16-,17+/m0/s1. The average Bonchev–Trinajstić information content (AvgIpc) is 3.08. The number of Topliss-reactive ketones (excluding diaryl/α,β-unsaturated/α-hetero) is 1. The van der Waals surface area contributed by atoms with Gasteiger partial charge in [0.05, 0.1) is 0 Å². The summed E-state index contributed by atoms with van der Waals surface area (Å²) in [6.45, 7) is 8.37. The summed E-state index contributed by atoms with van der Waals surface area (Å²) in [5.74, 6) is 0.928. The van der Waals surface area contributed by atoms with E-state index >= 15 is 0 Å². The largest absolute Gasteiger partial charge is 0.444 e. The quantitative estimate of drug-likeness (QED) is 0.778. The molecular formula is C20H28N2O3. The van der Waals surface area contributed by atoms with Gasteiger partial charge in [-0.3, -0.25) is 9.78 Å². The number of carbonyl (C=O) groups excluding carboxylic acids is 2. The molecule has 3 rings (SSSR count). The van der Waals surface area contributed by atoms with Crippen molar-refractivity contribution in [2.45, 2.75) is 65.0 Å². The van der Waals surface area contributed by atoms with Crippen molar-refractivity contribution in [3.8, 4) is 0 Å². The molecule has 1 aliphatic carbocycles. The molecule has 5 heteroatoms. The van der Waals surface area contributed by atoms with Crippen molar-refractivity contribution < 1.29 is 14.3 Å². The number of aromatic nitrogens is 1. The number of ketones is 1. The molecular weight excluding hydrogens is 316 g/mol. The highest BCUT2D eigenvalue weighted by atomic mass is 16.6. The number of fused-ring (bicyclic) bond motifs is 1. The van der Waals surface area contributed by atoms with Gasteiger partial charge < -0.3 is 9.64 Å². The molecule has 1 aromatic rings. The highest BCUT2D eigenvalue weighted by Gasteiger charge is 2.46. The van der Waals surface area contributed by atoms with Gasteiger partial charge in [0, 0.05) is 37.0 Å². The molecule has 1 amide bonds. The lowest BCUT2D eigenvalue weighted by molar-refractivity contribution is 0.0216. The van der Waals surface area contributed by atoms with Crippen LogP contribution in [0.4, 0.5) is 4.79 Å². The second-order valence-corrected chi connectivity index (χ2v) is 8.41. The number of nitrogens with zero attached hydrogens (tertiary/aromatic N) is 2. The van der Waals surface area contributed by atoms with E-state index in [4.69, 9.17) is 4.74 Å². The molecule has 3 atom stereocenters. The topological polar surface area (TPSA) is 59.5 Å². The number of aryl methyl sites for hydroxylation is 1. The molecule has 0 N–H and O–H groups in total. The van der Waals surface area contributed by atoms with Crippen LogP contribution < -0.4 is 0 Å². The molecule has 5 nitrogen and oxygen atoms in total. The van der Waals surface area contributed by atoms with E-state index in [-0.39, 0.29) is 17.9 Å². The van der Waals surface area contributed by atoms with Crippen LogP contribution in [0.15, 0.2) is 18.5 Å². The fourth-order valence-corrected chi connectivity index (χ4v) is 4.26. The minimum Gasteiger partial charge on any atom is -0.444 e. The zero-order valence-electron chi connectivity index (χ0n) is 15.6. The molecule has 0 radical (unpaired) electrons. The zero-order valence-corrected chi connectivity index (χ0v) is 15.6. The Labute approximate surface area is 149 Å². The van der Waals surface area contributed by atoms with Gasteiger partial charge in [0.15, 0.2) is 5.78 Å². The van der Waals surface area contributed by atoms with E-state index in [1.165, 1.54) is 0 Å². The molecule has 25 heavy (non-hydrogen) atoms. The lowest BCUT2D eigenvalue weighted by Crippen LogP contribution is -2.40. The number of ether oxygens (including phenoxy) is 1. The second-order valence-electron chi connectivity index (χ2n) is 8.41. The summed E-state index contributed by atoms with van der Waals surface area (Å²) < 4.78 is 5.54. The molecule has 2 aliphatic rings. The summed E-state index contributed by atoms with van der Waals surface area (Å²) in [6, 6.07) is 2.13. The first-order valence-corrected chi connectivity index (χ1v) is 9.19. The zero-order chi connectivity index (χ0) is 18.2. The number of rotatable bonds is 3. The Balaban J connectivity index is 1.62. The molecule has 2 heterocycles. The van der Waals surface area contributed by atoms with E-state index in [1.54, 1.807) is 12.4 Å². The Morgan fingerprint density at radius 1 is 1.24 bits per heavy atom. The molecule has 0 bridgehead atoms. The molecule has 1 saturated carbocycles. The van der Waals surface area contributed by atoms with Gasteiger partial charge in [-0.1, -0.05) is 0 Å². The molecule has 0 spiro atoms. The Kier molecular flexibility index (Phi) is 4.85.